The minimum Gasteiger partial charge on any atom is -0.472 e. The minimum absolute atomic E-state index is 0.674. The van der Waals surface area contributed by atoms with Crippen LogP contribution in [-0.4, -0.2) is 0 Å². The van der Waals surface area contributed by atoms with Gasteiger partial charge in [0.05, 0.1) is 17.9 Å². The van der Waals surface area contributed by atoms with Crippen molar-refractivity contribution < 1.29 is 4.74 Å². The van der Waals surface area contributed by atoms with Crippen LogP contribution in [0, 0.1) is 11.3 Å². The molecular weight excluding hydrogens is 102 g/mol. The Kier molecular flexibility index (Phi) is 1.34. The van der Waals surface area contributed by atoms with Gasteiger partial charge in [-0.25, -0.2) is 0 Å². The summed E-state index contributed by atoms with van der Waals surface area (Å²) >= 11 is 0. The molecule has 0 aliphatic carbocycles. The Morgan fingerprint density at radius 2 is 2.62 bits per heavy atom. The highest BCUT2D eigenvalue weighted by Gasteiger charge is 1.94. The third-order valence-corrected chi connectivity index (χ3v) is 0.866. The van der Waals surface area contributed by atoms with Crippen molar-refractivity contribution >= 4 is 0 Å². The molecule has 0 aromatic heterocycles. The van der Waals surface area contributed by atoms with Gasteiger partial charge >= 0.3 is 0 Å². The van der Waals surface area contributed by atoms with Gasteiger partial charge in [0.2, 0.25) is 0 Å². The van der Waals surface area contributed by atoms with Crippen molar-refractivity contribution in [2.75, 3.05) is 0 Å². The summed E-state index contributed by atoms with van der Waals surface area (Å²) in [6.07, 6.45) is 5.54. The first-order chi connectivity index (χ1) is 3.93. The fraction of sp³-hybridized carbons (Fsp3) is 0.167. The molecule has 1 heterocycles. The monoisotopic (exact) mass is 107 g/mol. The van der Waals surface area contributed by atoms with E-state index in [4.69, 9.17) is 10.00 Å². The first-order valence-electron chi connectivity index (χ1n) is 2.33. The van der Waals surface area contributed by atoms with Crippen molar-refractivity contribution in [2.45, 2.75) is 6.42 Å². The molecule has 0 aromatic carbocycles. The molecule has 1 aliphatic heterocycles. The highest BCUT2D eigenvalue weighted by Crippen LogP contribution is 2.05. The quantitative estimate of drug-likeness (QED) is 0.467. The van der Waals surface area contributed by atoms with E-state index in [1.54, 1.807) is 12.3 Å². The van der Waals surface area contributed by atoms with Crippen LogP contribution >= 0.6 is 0 Å². The molecule has 40 valence electrons. The number of rotatable bonds is 0. The molecule has 1 rings (SSSR count). The Morgan fingerprint density at radius 1 is 1.75 bits per heavy atom. The average molecular weight is 107 g/mol. The zero-order valence-corrected chi connectivity index (χ0v) is 4.29. The molecular formula is C6H5NO. The second-order valence-electron chi connectivity index (χ2n) is 1.47. The second-order valence-corrected chi connectivity index (χ2v) is 1.47. The lowest BCUT2D eigenvalue weighted by Gasteiger charge is -1.97. The fourth-order valence-electron chi connectivity index (χ4n) is 0.472. The maximum Gasteiger partial charge on any atom is 0.104 e. The fourth-order valence-corrected chi connectivity index (χ4v) is 0.472. The summed E-state index contributed by atoms with van der Waals surface area (Å²) in [7, 11) is 0. The van der Waals surface area contributed by atoms with Gasteiger partial charge in [-0.2, -0.15) is 5.26 Å². The number of hydrogen-bond acceptors (Lipinski definition) is 2. The smallest absolute Gasteiger partial charge is 0.104 e. The number of allylic oxidation sites excluding steroid dienone is 2. The summed E-state index contributed by atoms with van der Waals surface area (Å²) < 4.78 is 4.71. The van der Waals surface area contributed by atoms with E-state index in [2.05, 4.69) is 0 Å². The maximum absolute atomic E-state index is 8.26. The summed E-state index contributed by atoms with van der Waals surface area (Å²) in [5.74, 6) is 0. The molecule has 0 bridgehead atoms. The van der Waals surface area contributed by atoms with Gasteiger partial charge in [0.15, 0.2) is 0 Å². The molecule has 2 heteroatoms. The predicted octanol–water partition coefficient (Wildman–Crippen LogP) is 1.33. The molecule has 8 heavy (non-hydrogen) atoms. The van der Waals surface area contributed by atoms with Crippen LogP contribution in [0.15, 0.2) is 24.2 Å². The lowest BCUT2D eigenvalue weighted by molar-refractivity contribution is 0.390. The summed E-state index contributed by atoms with van der Waals surface area (Å²) in [4.78, 5) is 0. The van der Waals surface area contributed by atoms with Crippen molar-refractivity contribution in [1.82, 2.24) is 0 Å². The Morgan fingerprint density at radius 3 is 3.00 bits per heavy atom. The minimum atomic E-state index is 0.674. The van der Waals surface area contributed by atoms with E-state index < -0.39 is 0 Å². The number of nitrogens with zero attached hydrogens (tertiary/aromatic N) is 1. The maximum atomic E-state index is 8.26. The van der Waals surface area contributed by atoms with Gasteiger partial charge in [-0.15, -0.1) is 0 Å². The topological polar surface area (TPSA) is 33.0 Å². The van der Waals surface area contributed by atoms with Gasteiger partial charge in [0, 0.05) is 6.42 Å². The van der Waals surface area contributed by atoms with E-state index in [9.17, 15) is 0 Å². The van der Waals surface area contributed by atoms with Gasteiger partial charge in [0.1, 0.15) is 6.26 Å². The van der Waals surface area contributed by atoms with E-state index in [0.717, 1.165) is 0 Å². The summed E-state index contributed by atoms with van der Waals surface area (Å²) in [6.45, 7) is 0. The Balaban J connectivity index is 2.59. The summed E-state index contributed by atoms with van der Waals surface area (Å²) in [5, 5.41) is 8.26. The molecule has 0 N–H and O–H groups in total. The van der Waals surface area contributed by atoms with Gasteiger partial charge in [-0.1, -0.05) is 0 Å². The van der Waals surface area contributed by atoms with Crippen LogP contribution in [0.5, 0.6) is 0 Å². The standard InChI is InChI=1S/C6H5NO/c7-4-6-2-1-3-8-5-6/h1,3,5H,2H2. The molecule has 0 fully saturated rings. The lowest BCUT2D eigenvalue weighted by Crippen LogP contribution is -1.82. The molecule has 0 saturated carbocycles. The van der Waals surface area contributed by atoms with Crippen molar-refractivity contribution in [2.24, 2.45) is 0 Å². The molecule has 0 unspecified atom stereocenters. The van der Waals surface area contributed by atoms with E-state index >= 15 is 0 Å². The zero-order chi connectivity index (χ0) is 5.82. The normalized spacial score (nSPS) is 16.1. The van der Waals surface area contributed by atoms with Crippen LogP contribution < -0.4 is 0 Å². The highest BCUT2D eigenvalue weighted by atomic mass is 16.5. The molecule has 0 radical (unpaired) electrons. The molecule has 0 aromatic rings. The zero-order valence-electron chi connectivity index (χ0n) is 4.29. The lowest BCUT2D eigenvalue weighted by atomic mass is 10.2. The van der Waals surface area contributed by atoms with Crippen LogP contribution in [0.3, 0.4) is 0 Å². The van der Waals surface area contributed by atoms with Crippen LogP contribution in [0.25, 0.3) is 0 Å². The first kappa shape index (κ1) is 4.92. The first-order valence-corrected chi connectivity index (χ1v) is 2.33. The van der Waals surface area contributed by atoms with Crippen molar-refractivity contribution in [1.29, 1.82) is 5.26 Å². The Hall–Kier alpha value is -1.23. The van der Waals surface area contributed by atoms with Crippen LogP contribution in [0.4, 0.5) is 0 Å². The summed E-state index contributed by atoms with van der Waals surface area (Å²) in [6, 6.07) is 1.99. The molecule has 0 atom stereocenters. The molecule has 0 saturated heterocycles. The molecule has 0 amide bonds. The van der Waals surface area contributed by atoms with E-state index in [-0.39, 0.29) is 0 Å². The van der Waals surface area contributed by atoms with Crippen LogP contribution in [0.2, 0.25) is 0 Å². The Bertz CT molecular complexity index is 173. The van der Waals surface area contributed by atoms with Crippen LogP contribution in [0.1, 0.15) is 6.42 Å². The highest BCUT2D eigenvalue weighted by molar-refractivity contribution is 5.22. The van der Waals surface area contributed by atoms with Gasteiger partial charge in [-0.3, -0.25) is 0 Å². The number of nitriles is 1. The number of ether oxygens (including phenoxy) is 1. The average Bonchev–Trinajstić information content (AvgIpc) is 1.90. The SMILES string of the molecule is N#CC1=COC=CC1. The van der Waals surface area contributed by atoms with Crippen molar-refractivity contribution in [3.63, 3.8) is 0 Å². The van der Waals surface area contributed by atoms with Crippen molar-refractivity contribution in [3.05, 3.63) is 24.2 Å². The molecule has 2 nitrogen and oxygen atoms in total. The third kappa shape index (κ3) is 0.881. The van der Waals surface area contributed by atoms with Gasteiger partial charge < -0.3 is 4.74 Å². The largest absolute Gasteiger partial charge is 0.472 e. The second kappa shape index (κ2) is 2.17. The van der Waals surface area contributed by atoms with E-state index in [0.29, 0.717) is 12.0 Å². The van der Waals surface area contributed by atoms with E-state index in [1.807, 2.05) is 6.07 Å². The third-order valence-electron chi connectivity index (χ3n) is 0.866. The van der Waals surface area contributed by atoms with Gasteiger partial charge in [0.25, 0.3) is 0 Å². The van der Waals surface area contributed by atoms with Crippen LogP contribution in [-0.2, 0) is 4.74 Å². The summed E-state index contributed by atoms with van der Waals surface area (Å²) in [5.41, 5.74) is 0.674. The molecule has 1 aliphatic rings. The van der Waals surface area contributed by atoms with E-state index in [1.165, 1.54) is 6.26 Å². The van der Waals surface area contributed by atoms with Gasteiger partial charge in [-0.05, 0) is 6.08 Å². The van der Waals surface area contributed by atoms with Crippen molar-refractivity contribution in [3.8, 4) is 6.07 Å². The molecule has 0 spiro atoms. The Labute approximate surface area is 47.7 Å². The number of hydrogen-bond donors (Lipinski definition) is 0. The predicted molar refractivity (Wildman–Crippen MR) is 28.5 cm³/mol.